The van der Waals surface area contributed by atoms with Crippen molar-refractivity contribution >= 4 is 11.8 Å². The molecule has 1 fully saturated rings. The molecule has 2 rings (SSSR count). The number of carbonyl (C=O) groups excluding carboxylic acids is 2. The first kappa shape index (κ1) is 17.1. The maximum absolute atomic E-state index is 11.9. The molecule has 0 bridgehead atoms. The zero-order chi connectivity index (χ0) is 16.8. The molecular formula is C16H23N3O4. The van der Waals surface area contributed by atoms with Gasteiger partial charge in [0, 0.05) is 17.7 Å². The third-order valence-electron chi connectivity index (χ3n) is 3.97. The van der Waals surface area contributed by atoms with E-state index < -0.39 is 5.91 Å². The SMILES string of the molecule is COc1ccc([C@H]2CCCN2CC(=O)NCC(N)=O)c(OC)c1. The Morgan fingerprint density at radius 3 is 2.78 bits per heavy atom. The average Bonchev–Trinajstić information content (AvgIpc) is 3.00. The van der Waals surface area contributed by atoms with E-state index in [-0.39, 0.29) is 25.0 Å². The zero-order valence-corrected chi connectivity index (χ0v) is 13.5. The van der Waals surface area contributed by atoms with Crippen LogP contribution in [-0.2, 0) is 9.59 Å². The summed E-state index contributed by atoms with van der Waals surface area (Å²) in [7, 11) is 3.23. The zero-order valence-electron chi connectivity index (χ0n) is 13.5. The summed E-state index contributed by atoms with van der Waals surface area (Å²) in [5.74, 6) is 0.726. The number of benzene rings is 1. The summed E-state index contributed by atoms with van der Waals surface area (Å²) < 4.78 is 10.7. The van der Waals surface area contributed by atoms with Gasteiger partial charge in [-0.2, -0.15) is 0 Å². The minimum atomic E-state index is -0.548. The van der Waals surface area contributed by atoms with Gasteiger partial charge in [-0.1, -0.05) is 6.07 Å². The molecule has 1 atom stereocenters. The minimum Gasteiger partial charge on any atom is -0.497 e. The smallest absolute Gasteiger partial charge is 0.236 e. The number of primary amides is 1. The average molecular weight is 321 g/mol. The number of amides is 2. The molecule has 7 nitrogen and oxygen atoms in total. The first-order chi connectivity index (χ1) is 11.0. The van der Waals surface area contributed by atoms with Crippen molar-refractivity contribution in [2.75, 3.05) is 33.9 Å². The lowest BCUT2D eigenvalue weighted by Crippen LogP contribution is -2.40. The van der Waals surface area contributed by atoms with Crippen molar-refractivity contribution in [3.05, 3.63) is 23.8 Å². The van der Waals surface area contributed by atoms with Gasteiger partial charge in [0.05, 0.1) is 27.3 Å². The predicted octanol–water partition coefficient (Wildman–Crippen LogP) is 0.442. The molecule has 1 aromatic rings. The molecule has 0 unspecified atom stereocenters. The number of likely N-dealkylation sites (tertiary alicyclic amines) is 1. The number of nitrogens with zero attached hydrogens (tertiary/aromatic N) is 1. The molecule has 3 N–H and O–H groups in total. The fourth-order valence-corrected chi connectivity index (χ4v) is 2.89. The number of rotatable bonds is 7. The van der Waals surface area contributed by atoms with Crippen LogP contribution in [0.2, 0.25) is 0 Å². The number of ether oxygens (including phenoxy) is 2. The molecular weight excluding hydrogens is 298 g/mol. The van der Waals surface area contributed by atoms with Gasteiger partial charge in [-0.3, -0.25) is 14.5 Å². The highest BCUT2D eigenvalue weighted by atomic mass is 16.5. The van der Waals surface area contributed by atoms with E-state index in [9.17, 15) is 9.59 Å². The second kappa shape index (κ2) is 7.82. The van der Waals surface area contributed by atoms with Crippen LogP contribution in [-0.4, -0.2) is 50.6 Å². The molecule has 0 spiro atoms. The third kappa shape index (κ3) is 4.35. The van der Waals surface area contributed by atoms with Crippen molar-refractivity contribution in [2.24, 2.45) is 5.73 Å². The predicted molar refractivity (Wildman–Crippen MR) is 85.3 cm³/mol. The van der Waals surface area contributed by atoms with Crippen molar-refractivity contribution in [2.45, 2.75) is 18.9 Å². The summed E-state index contributed by atoms with van der Waals surface area (Å²) >= 11 is 0. The van der Waals surface area contributed by atoms with Crippen molar-refractivity contribution < 1.29 is 19.1 Å². The van der Waals surface area contributed by atoms with Crippen LogP contribution in [0.4, 0.5) is 0 Å². The Hall–Kier alpha value is -2.28. The molecule has 1 aliphatic heterocycles. The van der Waals surface area contributed by atoms with Crippen LogP contribution < -0.4 is 20.5 Å². The van der Waals surface area contributed by atoms with E-state index in [2.05, 4.69) is 10.2 Å². The molecule has 1 heterocycles. The summed E-state index contributed by atoms with van der Waals surface area (Å²) in [5, 5.41) is 2.52. The normalized spacial score (nSPS) is 17.7. The number of methoxy groups -OCH3 is 2. The summed E-state index contributed by atoms with van der Waals surface area (Å²) in [5.41, 5.74) is 6.07. The van der Waals surface area contributed by atoms with Crippen molar-refractivity contribution in [1.29, 1.82) is 0 Å². The van der Waals surface area contributed by atoms with E-state index in [0.29, 0.717) is 0 Å². The Kier molecular flexibility index (Phi) is 5.81. The molecule has 0 aliphatic carbocycles. The molecule has 2 amide bonds. The van der Waals surface area contributed by atoms with E-state index in [1.807, 2.05) is 18.2 Å². The van der Waals surface area contributed by atoms with Gasteiger partial charge < -0.3 is 20.5 Å². The van der Waals surface area contributed by atoms with Gasteiger partial charge in [0.15, 0.2) is 0 Å². The lowest BCUT2D eigenvalue weighted by molar-refractivity contribution is -0.125. The van der Waals surface area contributed by atoms with E-state index in [0.717, 1.165) is 36.4 Å². The van der Waals surface area contributed by atoms with Gasteiger partial charge in [0.2, 0.25) is 11.8 Å². The monoisotopic (exact) mass is 321 g/mol. The second-order valence-electron chi connectivity index (χ2n) is 5.48. The van der Waals surface area contributed by atoms with Gasteiger partial charge in [-0.05, 0) is 25.5 Å². The highest BCUT2D eigenvalue weighted by molar-refractivity contribution is 5.84. The first-order valence-electron chi connectivity index (χ1n) is 7.56. The molecule has 0 saturated carbocycles. The maximum Gasteiger partial charge on any atom is 0.236 e. The largest absolute Gasteiger partial charge is 0.497 e. The maximum atomic E-state index is 11.9. The van der Waals surface area contributed by atoms with E-state index in [4.69, 9.17) is 15.2 Å². The van der Waals surface area contributed by atoms with Crippen molar-refractivity contribution in [3.63, 3.8) is 0 Å². The number of hydrogen-bond donors (Lipinski definition) is 2. The molecule has 1 aromatic carbocycles. The Morgan fingerprint density at radius 2 is 2.13 bits per heavy atom. The molecule has 23 heavy (non-hydrogen) atoms. The summed E-state index contributed by atoms with van der Waals surface area (Å²) in [6.07, 6.45) is 1.95. The second-order valence-corrected chi connectivity index (χ2v) is 5.48. The van der Waals surface area contributed by atoms with Gasteiger partial charge in [0.1, 0.15) is 11.5 Å². The quantitative estimate of drug-likeness (QED) is 0.760. The van der Waals surface area contributed by atoms with Crippen LogP contribution in [0, 0.1) is 0 Å². The van der Waals surface area contributed by atoms with Gasteiger partial charge >= 0.3 is 0 Å². The van der Waals surface area contributed by atoms with Gasteiger partial charge in [0.25, 0.3) is 0 Å². The Morgan fingerprint density at radius 1 is 1.35 bits per heavy atom. The topological polar surface area (TPSA) is 93.9 Å². The molecule has 1 saturated heterocycles. The lowest BCUT2D eigenvalue weighted by atomic mass is 10.0. The van der Waals surface area contributed by atoms with E-state index in [1.54, 1.807) is 14.2 Å². The van der Waals surface area contributed by atoms with Crippen molar-refractivity contribution in [3.8, 4) is 11.5 Å². The van der Waals surface area contributed by atoms with Crippen LogP contribution in [0.5, 0.6) is 11.5 Å². The lowest BCUT2D eigenvalue weighted by Gasteiger charge is -2.25. The highest BCUT2D eigenvalue weighted by Crippen LogP contribution is 2.38. The van der Waals surface area contributed by atoms with Crippen molar-refractivity contribution in [1.82, 2.24) is 10.2 Å². The number of nitrogens with one attached hydrogen (secondary N) is 1. The Balaban J connectivity index is 2.09. The fraction of sp³-hybridized carbons (Fsp3) is 0.500. The molecule has 0 aromatic heterocycles. The number of hydrogen-bond acceptors (Lipinski definition) is 5. The third-order valence-corrected chi connectivity index (χ3v) is 3.97. The van der Waals surface area contributed by atoms with Crippen LogP contribution in [0.1, 0.15) is 24.4 Å². The van der Waals surface area contributed by atoms with Gasteiger partial charge in [-0.25, -0.2) is 0 Å². The number of nitrogens with two attached hydrogens (primary N) is 1. The molecule has 7 heteroatoms. The van der Waals surface area contributed by atoms with E-state index >= 15 is 0 Å². The molecule has 1 aliphatic rings. The van der Waals surface area contributed by atoms with Crippen LogP contribution in [0.25, 0.3) is 0 Å². The van der Waals surface area contributed by atoms with Gasteiger partial charge in [-0.15, -0.1) is 0 Å². The summed E-state index contributed by atoms with van der Waals surface area (Å²) in [6, 6.07) is 5.82. The minimum absolute atomic E-state index is 0.107. The Labute approximate surface area is 135 Å². The molecule has 126 valence electrons. The standard InChI is InChI=1S/C16H23N3O4/c1-22-11-5-6-12(14(8-11)23-2)13-4-3-7-19(13)10-16(21)18-9-15(17)20/h5-6,8,13H,3-4,7,9-10H2,1-2H3,(H2,17,20)(H,18,21)/t13-/m1/s1. The van der Waals surface area contributed by atoms with Crippen LogP contribution in [0.15, 0.2) is 18.2 Å². The summed E-state index contributed by atoms with van der Waals surface area (Å²) in [6.45, 7) is 0.917. The molecule has 0 radical (unpaired) electrons. The van der Waals surface area contributed by atoms with Crippen LogP contribution in [0.3, 0.4) is 0 Å². The van der Waals surface area contributed by atoms with Crippen LogP contribution >= 0.6 is 0 Å². The Bertz CT molecular complexity index is 576. The van der Waals surface area contributed by atoms with E-state index in [1.165, 1.54) is 0 Å². The fourth-order valence-electron chi connectivity index (χ4n) is 2.89. The highest BCUT2D eigenvalue weighted by Gasteiger charge is 2.29. The number of carbonyl (C=O) groups is 2. The summed E-state index contributed by atoms with van der Waals surface area (Å²) in [4.78, 5) is 24.7. The first-order valence-corrected chi connectivity index (χ1v) is 7.56.